The number of ether oxygens (including phenoxy) is 2. The number of carbonyl (C=O) groups excluding carboxylic acids is 1. The third kappa shape index (κ3) is 5.68. The minimum atomic E-state index is -4.74. The van der Waals surface area contributed by atoms with Crippen LogP contribution in [0, 0.1) is 0 Å². The molecule has 140 valence electrons. The SMILES string of the molecule is CCCCCOc1ccc(-c2ccc(OC(F)(F)F)cc2)cc1C(N)=O. The van der Waals surface area contributed by atoms with Crippen LogP contribution in [0.15, 0.2) is 42.5 Å². The van der Waals surface area contributed by atoms with E-state index in [0.29, 0.717) is 23.5 Å². The first-order valence-corrected chi connectivity index (χ1v) is 8.23. The molecule has 0 saturated carbocycles. The Morgan fingerprint density at radius 1 is 1.04 bits per heavy atom. The van der Waals surface area contributed by atoms with Crippen LogP contribution in [0.25, 0.3) is 11.1 Å². The molecular weight excluding hydrogens is 347 g/mol. The van der Waals surface area contributed by atoms with Gasteiger partial charge in [0.05, 0.1) is 12.2 Å². The highest BCUT2D eigenvalue weighted by Crippen LogP contribution is 2.29. The predicted octanol–water partition coefficient (Wildman–Crippen LogP) is 4.92. The number of unbranched alkanes of at least 4 members (excludes halogenated alkanes) is 2. The summed E-state index contributed by atoms with van der Waals surface area (Å²) in [6.07, 6.45) is -1.79. The number of amides is 1. The zero-order valence-electron chi connectivity index (χ0n) is 14.3. The van der Waals surface area contributed by atoms with Crippen molar-refractivity contribution in [2.24, 2.45) is 5.73 Å². The zero-order chi connectivity index (χ0) is 19.2. The molecule has 2 aromatic rings. The van der Waals surface area contributed by atoms with Crippen molar-refractivity contribution in [2.45, 2.75) is 32.5 Å². The second-order valence-corrected chi connectivity index (χ2v) is 5.70. The van der Waals surface area contributed by atoms with E-state index >= 15 is 0 Å². The van der Waals surface area contributed by atoms with E-state index in [4.69, 9.17) is 10.5 Å². The first-order valence-electron chi connectivity index (χ1n) is 8.23. The molecule has 1 amide bonds. The van der Waals surface area contributed by atoms with E-state index in [1.165, 1.54) is 24.3 Å². The minimum Gasteiger partial charge on any atom is -0.493 e. The van der Waals surface area contributed by atoms with E-state index in [0.717, 1.165) is 19.3 Å². The molecule has 26 heavy (non-hydrogen) atoms. The Labute approximate surface area is 149 Å². The summed E-state index contributed by atoms with van der Waals surface area (Å²) in [7, 11) is 0. The van der Waals surface area contributed by atoms with Gasteiger partial charge >= 0.3 is 6.36 Å². The van der Waals surface area contributed by atoms with Crippen molar-refractivity contribution in [1.82, 2.24) is 0 Å². The van der Waals surface area contributed by atoms with Crippen LogP contribution in [0.3, 0.4) is 0 Å². The van der Waals surface area contributed by atoms with Crippen LogP contribution >= 0.6 is 0 Å². The highest BCUT2D eigenvalue weighted by atomic mass is 19.4. The lowest BCUT2D eigenvalue weighted by molar-refractivity contribution is -0.274. The number of halogens is 3. The molecule has 2 aromatic carbocycles. The van der Waals surface area contributed by atoms with Gasteiger partial charge in [-0.25, -0.2) is 0 Å². The molecule has 0 saturated heterocycles. The summed E-state index contributed by atoms with van der Waals surface area (Å²) >= 11 is 0. The van der Waals surface area contributed by atoms with Crippen LogP contribution < -0.4 is 15.2 Å². The highest BCUT2D eigenvalue weighted by molar-refractivity contribution is 5.97. The summed E-state index contributed by atoms with van der Waals surface area (Å²) in [6, 6.07) is 10.3. The van der Waals surface area contributed by atoms with Crippen LogP contribution in [-0.4, -0.2) is 18.9 Å². The summed E-state index contributed by atoms with van der Waals surface area (Å²) < 4.78 is 46.1. The van der Waals surface area contributed by atoms with Crippen molar-refractivity contribution in [3.05, 3.63) is 48.0 Å². The fourth-order valence-electron chi connectivity index (χ4n) is 2.41. The van der Waals surface area contributed by atoms with Gasteiger partial charge < -0.3 is 15.2 Å². The zero-order valence-corrected chi connectivity index (χ0v) is 14.3. The van der Waals surface area contributed by atoms with Gasteiger partial charge in [0.25, 0.3) is 5.91 Å². The fourth-order valence-corrected chi connectivity index (χ4v) is 2.41. The maximum atomic E-state index is 12.2. The van der Waals surface area contributed by atoms with Crippen molar-refractivity contribution in [3.63, 3.8) is 0 Å². The standard InChI is InChI=1S/C19H20F3NO3/c1-2-3-4-11-25-17-10-7-14(12-16(17)18(23)24)13-5-8-15(9-6-13)26-19(20,21)22/h5-10,12H,2-4,11H2,1H3,(H2,23,24). The van der Waals surface area contributed by atoms with Gasteiger partial charge in [-0.2, -0.15) is 0 Å². The summed E-state index contributed by atoms with van der Waals surface area (Å²) in [6.45, 7) is 2.56. The van der Waals surface area contributed by atoms with Crippen molar-refractivity contribution in [1.29, 1.82) is 0 Å². The van der Waals surface area contributed by atoms with Crippen LogP contribution in [-0.2, 0) is 0 Å². The molecular formula is C19H20F3NO3. The summed E-state index contributed by atoms with van der Waals surface area (Å²) in [4.78, 5) is 11.7. The largest absolute Gasteiger partial charge is 0.573 e. The van der Waals surface area contributed by atoms with E-state index in [9.17, 15) is 18.0 Å². The first kappa shape index (κ1) is 19.6. The Morgan fingerprint density at radius 3 is 2.27 bits per heavy atom. The quantitative estimate of drug-likeness (QED) is 0.674. The van der Waals surface area contributed by atoms with Gasteiger partial charge in [-0.3, -0.25) is 4.79 Å². The molecule has 0 bridgehead atoms. The number of carbonyl (C=O) groups is 1. The number of rotatable bonds is 8. The number of primary amides is 1. The molecule has 0 fully saturated rings. The van der Waals surface area contributed by atoms with Gasteiger partial charge in [0.2, 0.25) is 0 Å². The number of hydrogen-bond donors (Lipinski definition) is 1. The predicted molar refractivity (Wildman–Crippen MR) is 92.1 cm³/mol. The molecule has 0 aliphatic heterocycles. The molecule has 0 unspecified atom stereocenters. The summed E-state index contributed by atoms with van der Waals surface area (Å²) in [5.41, 5.74) is 6.91. The van der Waals surface area contributed by atoms with E-state index in [-0.39, 0.29) is 11.3 Å². The Morgan fingerprint density at radius 2 is 1.69 bits per heavy atom. The molecule has 0 radical (unpaired) electrons. The van der Waals surface area contributed by atoms with Gasteiger partial charge in [-0.05, 0) is 41.8 Å². The molecule has 7 heteroatoms. The molecule has 2 N–H and O–H groups in total. The Balaban J connectivity index is 2.19. The maximum absolute atomic E-state index is 12.2. The third-order valence-electron chi connectivity index (χ3n) is 3.67. The number of nitrogens with two attached hydrogens (primary N) is 1. The van der Waals surface area contributed by atoms with Crippen molar-refractivity contribution in [2.75, 3.05) is 6.61 Å². The van der Waals surface area contributed by atoms with Gasteiger partial charge in [0, 0.05) is 0 Å². The Kier molecular flexibility index (Phi) is 6.49. The molecule has 0 atom stereocenters. The van der Waals surface area contributed by atoms with E-state index < -0.39 is 12.3 Å². The Bertz CT molecular complexity index is 743. The monoisotopic (exact) mass is 367 g/mol. The maximum Gasteiger partial charge on any atom is 0.573 e. The number of alkyl halides is 3. The van der Waals surface area contributed by atoms with Crippen molar-refractivity contribution >= 4 is 5.91 Å². The summed E-state index contributed by atoms with van der Waals surface area (Å²) in [5, 5.41) is 0. The number of benzene rings is 2. The first-order chi connectivity index (χ1) is 12.3. The average Bonchev–Trinajstić information content (AvgIpc) is 2.58. The second kappa shape index (κ2) is 8.60. The van der Waals surface area contributed by atoms with Crippen molar-refractivity contribution in [3.8, 4) is 22.6 Å². The molecule has 2 rings (SSSR count). The van der Waals surface area contributed by atoms with E-state index in [1.54, 1.807) is 18.2 Å². The topological polar surface area (TPSA) is 61.6 Å². The molecule has 0 aromatic heterocycles. The van der Waals surface area contributed by atoms with Gasteiger partial charge in [0.15, 0.2) is 0 Å². The van der Waals surface area contributed by atoms with E-state index in [1.807, 2.05) is 0 Å². The van der Waals surface area contributed by atoms with Crippen LogP contribution in [0.4, 0.5) is 13.2 Å². The third-order valence-corrected chi connectivity index (χ3v) is 3.67. The Hall–Kier alpha value is -2.70. The molecule has 4 nitrogen and oxygen atoms in total. The molecule has 0 spiro atoms. The van der Waals surface area contributed by atoms with Crippen LogP contribution in [0.1, 0.15) is 36.5 Å². The highest BCUT2D eigenvalue weighted by Gasteiger charge is 2.30. The summed E-state index contributed by atoms with van der Waals surface area (Å²) in [5.74, 6) is -0.545. The van der Waals surface area contributed by atoms with Crippen molar-refractivity contribution < 1.29 is 27.4 Å². The second-order valence-electron chi connectivity index (χ2n) is 5.70. The fraction of sp³-hybridized carbons (Fsp3) is 0.316. The smallest absolute Gasteiger partial charge is 0.493 e. The lowest BCUT2D eigenvalue weighted by Crippen LogP contribution is -2.16. The van der Waals surface area contributed by atoms with Gasteiger partial charge in [-0.15, -0.1) is 13.2 Å². The lowest BCUT2D eigenvalue weighted by atomic mass is 10.0. The lowest BCUT2D eigenvalue weighted by Gasteiger charge is -2.12. The van der Waals surface area contributed by atoms with Crippen LogP contribution in [0.5, 0.6) is 11.5 Å². The van der Waals surface area contributed by atoms with E-state index in [2.05, 4.69) is 11.7 Å². The molecule has 0 aliphatic carbocycles. The van der Waals surface area contributed by atoms with Crippen LogP contribution in [0.2, 0.25) is 0 Å². The van der Waals surface area contributed by atoms with Gasteiger partial charge in [-0.1, -0.05) is 38.0 Å². The normalized spacial score (nSPS) is 11.2. The molecule has 0 aliphatic rings. The average molecular weight is 367 g/mol. The number of hydrogen-bond acceptors (Lipinski definition) is 3. The minimum absolute atomic E-state index is 0.231. The molecule has 0 heterocycles. The van der Waals surface area contributed by atoms with Gasteiger partial charge in [0.1, 0.15) is 11.5 Å².